The van der Waals surface area contributed by atoms with Crippen LogP contribution in [0.4, 0.5) is 5.69 Å². The fourth-order valence-corrected chi connectivity index (χ4v) is 5.88. The molecule has 31 heavy (non-hydrogen) atoms. The third-order valence-corrected chi connectivity index (χ3v) is 8.19. The number of carbonyl (C=O) groups excluding carboxylic acids is 1. The number of anilines is 1. The molecule has 0 aliphatic carbocycles. The average molecular weight is 476 g/mol. The van der Waals surface area contributed by atoms with Gasteiger partial charge in [0.05, 0.1) is 26.2 Å². The quantitative estimate of drug-likeness (QED) is 0.550. The number of sulfonamides is 1. The van der Waals surface area contributed by atoms with Crippen molar-refractivity contribution in [2.75, 3.05) is 18.4 Å². The maximum Gasteiger partial charge on any atom is 0.257 e. The van der Waals surface area contributed by atoms with Gasteiger partial charge < -0.3 is 5.32 Å². The first-order valence-corrected chi connectivity index (χ1v) is 12.7. The van der Waals surface area contributed by atoms with Crippen LogP contribution >= 0.6 is 22.9 Å². The van der Waals surface area contributed by atoms with Crippen LogP contribution in [0, 0.1) is 6.92 Å². The minimum atomic E-state index is -3.65. The van der Waals surface area contributed by atoms with Crippen molar-refractivity contribution >= 4 is 44.6 Å². The van der Waals surface area contributed by atoms with Gasteiger partial charge in [-0.05, 0) is 50.1 Å². The molecule has 0 atom stereocenters. The summed E-state index contributed by atoms with van der Waals surface area (Å²) in [7, 11) is -3.65. The SMILES string of the molecule is Cc1nc(-c2ccc(NC(=O)c3cc(S(=O)(=O)N4CCCCC4)ccc3Cl)cc2)cs1. The third kappa shape index (κ3) is 4.82. The minimum absolute atomic E-state index is 0.0817. The molecule has 1 amide bonds. The van der Waals surface area contributed by atoms with E-state index in [1.54, 1.807) is 23.5 Å². The summed E-state index contributed by atoms with van der Waals surface area (Å²) >= 11 is 7.80. The zero-order valence-electron chi connectivity index (χ0n) is 17.0. The van der Waals surface area contributed by atoms with Crippen LogP contribution in [0.25, 0.3) is 11.3 Å². The molecule has 1 aromatic heterocycles. The number of halogens is 1. The van der Waals surface area contributed by atoms with Crippen molar-refractivity contribution in [2.45, 2.75) is 31.1 Å². The zero-order valence-corrected chi connectivity index (χ0v) is 19.4. The van der Waals surface area contributed by atoms with Gasteiger partial charge >= 0.3 is 0 Å². The van der Waals surface area contributed by atoms with Gasteiger partial charge in [-0.15, -0.1) is 11.3 Å². The Labute approximate surface area is 190 Å². The highest BCUT2D eigenvalue weighted by Crippen LogP contribution is 2.27. The first-order chi connectivity index (χ1) is 14.8. The normalized spacial score (nSPS) is 15.0. The van der Waals surface area contributed by atoms with E-state index in [2.05, 4.69) is 10.3 Å². The van der Waals surface area contributed by atoms with E-state index in [-0.39, 0.29) is 15.5 Å². The lowest BCUT2D eigenvalue weighted by molar-refractivity contribution is 0.102. The van der Waals surface area contributed by atoms with E-state index in [0.717, 1.165) is 35.5 Å². The molecule has 6 nitrogen and oxygen atoms in total. The van der Waals surface area contributed by atoms with Crippen LogP contribution in [0.15, 0.2) is 52.7 Å². The number of thiazole rings is 1. The fraction of sp³-hybridized carbons (Fsp3) is 0.273. The molecule has 3 aromatic rings. The topological polar surface area (TPSA) is 79.4 Å². The average Bonchev–Trinajstić information content (AvgIpc) is 3.21. The molecule has 1 N–H and O–H groups in total. The molecule has 162 valence electrons. The number of nitrogens with zero attached hydrogens (tertiary/aromatic N) is 2. The molecule has 2 heterocycles. The summed E-state index contributed by atoms with van der Waals surface area (Å²) in [6.45, 7) is 2.95. The van der Waals surface area contributed by atoms with Crippen molar-refractivity contribution in [3.05, 3.63) is 63.4 Å². The van der Waals surface area contributed by atoms with Crippen molar-refractivity contribution in [1.82, 2.24) is 9.29 Å². The molecule has 0 unspecified atom stereocenters. The standard InChI is InChI=1S/C22H22ClN3O3S2/c1-15-24-21(14-30-15)16-5-7-17(8-6-16)25-22(27)19-13-18(9-10-20(19)23)31(28,29)26-11-3-2-4-12-26/h5-10,13-14H,2-4,11-12H2,1H3,(H,25,27). The summed E-state index contributed by atoms with van der Waals surface area (Å²) in [5, 5.41) is 5.96. The summed E-state index contributed by atoms with van der Waals surface area (Å²) in [5.41, 5.74) is 2.55. The van der Waals surface area contributed by atoms with Gasteiger partial charge in [-0.3, -0.25) is 4.79 Å². The Kier molecular flexibility index (Phi) is 6.43. The number of amides is 1. The summed E-state index contributed by atoms with van der Waals surface area (Å²) < 4.78 is 27.4. The maximum absolute atomic E-state index is 13.0. The van der Waals surface area contributed by atoms with Crippen molar-refractivity contribution in [3.63, 3.8) is 0 Å². The lowest BCUT2D eigenvalue weighted by Gasteiger charge is -2.26. The van der Waals surface area contributed by atoms with Crippen LogP contribution in [0.5, 0.6) is 0 Å². The van der Waals surface area contributed by atoms with E-state index in [1.165, 1.54) is 22.5 Å². The summed E-state index contributed by atoms with van der Waals surface area (Å²) in [6, 6.07) is 11.6. The van der Waals surface area contributed by atoms with Gasteiger partial charge in [0.25, 0.3) is 5.91 Å². The lowest BCUT2D eigenvalue weighted by Crippen LogP contribution is -2.35. The predicted molar refractivity (Wildman–Crippen MR) is 124 cm³/mol. The molecule has 1 saturated heterocycles. The van der Waals surface area contributed by atoms with Crippen molar-refractivity contribution in [1.29, 1.82) is 0 Å². The fourth-order valence-electron chi connectivity index (χ4n) is 3.51. The first-order valence-electron chi connectivity index (χ1n) is 9.98. The monoisotopic (exact) mass is 475 g/mol. The maximum atomic E-state index is 13.0. The van der Waals surface area contributed by atoms with E-state index in [9.17, 15) is 13.2 Å². The van der Waals surface area contributed by atoms with Crippen LogP contribution in [0.1, 0.15) is 34.6 Å². The number of nitrogens with one attached hydrogen (secondary N) is 1. The summed E-state index contributed by atoms with van der Waals surface area (Å²) in [4.78, 5) is 17.4. The zero-order chi connectivity index (χ0) is 22.0. The number of carbonyl (C=O) groups is 1. The molecular formula is C22H22ClN3O3S2. The van der Waals surface area contributed by atoms with Crippen LogP contribution in [-0.4, -0.2) is 36.7 Å². The van der Waals surface area contributed by atoms with Crippen molar-refractivity contribution in [2.24, 2.45) is 0 Å². The first kappa shape index (κ1) is 22.0. The number of benzene rings is 2. The summed E-state index contributed by atoms with van der Waals surface area (Å²) in [5.74, 6) is -0.460. The second-order valence-electron chi connectivity index (χ2n) is 7.39. The molecule has 0 saturated carbocycles. The van der Waals surface area contributed by atoms with Crippen LogP contribution in [0.3, 0.4) is 0 Å². The third-order valence-electron chi connectivity index (χ3n) is 5.19. The number of hydrogen-bond donors (Lipinski definition) is 1. The molecular weight excluding hydrogens is 454 g/mol. The number of rotatable bonds is 5. The van der Waals surface area contributed by atoms with Crippen LogP contribution < -0.4 is 5.32 Å². The van der Waals surface area contributed by atoms with Gasteiger partial charge in [0, 0.05) is 29.7 Å². The molecule has 0 spiro atoms. The van der Waals surface area contributed by atoms with Gasteiger partial charge in [0.1, 0.15) is 0 Å². The molecule has 9 heteroatoms. The van der Waals surface area contributed by atoms with Gasteiger partial charge in [-0.1, -0.05) is 30.2 Å². The minimum Gasteiger partial charge on any atom is -0.322 e. The van der Waals surface area contributed by atoms with E-state index in [0.29, 0.717) is 18.8 Å². The van der Waals surface area contributed by atoms with Gasteiger partial charge in [0.15, 0.2) is 0 Å². The number of aryl methyl sites for hydroxylation is 1. The number of piperidine rings is 1. The summed E-state index contributed by atoms with van der Waals surface area (Å²) in [6.07, 6.45) is 2.72. The Morgan fingerprint density at radius 3 is 2.45 bits per heavy atom. The second-order valence-corrected chi connectivity index (χ2v) is 10.8. The van der Waals surface area contributed by atoms with E-state index in [1.807, 2.05) is 24.4 Å². The molecule has 2 aromatic carbocycles. The molecule has 4 rings (SSSR count). The van der Waals surface area contributed by atoms with Gasteiger partial charge in [-0.25, -0.2) is 13.4 Å². The molecule has 0 radical (unpaired) electrons. The Morgan fingerprint density at radius 1 is 1.10 bits per heavy atom. The second kappa shape index (κ2) is 9.08. The molecule has 1 fully saturated rings. The van der Waals surface area contributed by atoms with E-state index >= 15 is 0 Å². The molecule has 1 aliphatic heterocycles. The smallest absolute Gasteiger partial charge is 0.257 e. The largest absolute Gasteiger partial charge is 0.322 e. The van der Waals surface area contributed by atoms with Gasteiger partial charge in [0.2, 0.25) is 10.0 Å². The molecule has 1 aliphatic rings. The number of aromatic nitrogens is 1. The van der Waals surface area contributed by atoms with Crippen LogP contribution in [-0.2, 0) is 10.0 Å². The number of hydrogen-bond acceptors (Lipinski definition) is 5. The lowest BCUT2D eigenvalue weighted by atomic mass is 10.1. The Hall–Kier alpha value is -2.26. The Morgan fingerprint density at radius 2 is 1.81 bits per heavy atom. The molecule has 0 bridgehead atoms. The van der Waals surface area contributed by atoms with Gasteiger partial charge in [-0.2, -0.15) is 4.31 Å². The predicted octanol–water partition coefficient (Wildman–Crippen LogP) is 5.20. The Balaban J connectivity index is 1.54. The van der Waals surface area contributed by atoms with Crippen molar-refractivity contribution < 1.29 is 13.2 Å². The van der Waals surface area contributed by atoms with E-state index in [4.69, 9.17) is 11.6 Å². The van der Waals surface area contributed by atoms with Crippen LogP contribution in [0.2, 0.25) is 5.02 Å². The highest BCUT2D eigenvalue weighted by Gasteiger charge is 2.27. The van der Waals surface area contributed by atoms with E-state index < -0.39 is 15.9 Å². The Bertz CT molecular complexity index is 1200. The van der Waals surface area contributed by atoms with Crippen molar-refractivity contribution in [3.8, 4) is 11.3 Å². The highest BCUT2D eigenvalue weighted by molar-refractivity contribution is 7.89. The highest BCUT2D eigenvalue weighted by atomic mass is 35.5.